The fourth-order valence-electron chi connectivity index (χ4n) is 3.48. The Kier molecular flexibility index (Phi) is 7.22. The third kappa shape index (κ3) is 5.25. The number of hydrogen-bond donors (Lipinski definition) is 1. The van der Waals surface area contributed by atoms with Crippen molar-refractivity contribution in [3.05, 3.63) is 113 Å². The first-order valence-electron chi connectivity index (χ1n) is 10.3. The first-order chi connectivity index (χ1) is 16.4. The second kappa shape index (κ2) is 10.3. The van der Waals surface area contributed by atoms with Gasteiger partial charge in [0, 0.05) is 16.3 Å². The number of rotatable bonds is 7. The van der Waals surface area contributed by atoms with E-state index in [4.69, 9.17) is 23.2 Å². The van der Waals surface area contributed by atoms with Gasteiger partial charge in [0.2, 0.25) is 5.91 Å². The van der Waals surface area contributed by atoms with E-state index in [0.29, 0.717) is 10.7 Å². The van der Waals surface area contributed by atoms with Gasteiger partial charge in [-0.05, 0) is 42.0 Å². The maximum Gasteiger partial charge on any atom is 0.264 e. The molecule has 0 atom stereocenters. The standard InChI is InChI=1S/C26H20Cl2N2O3S/c27-20-15-16-25(23(28)17-20)30(34(32,33)21-11-5-2-6-12-21)18-26(31)29-24-14-8-7-13-22(24)19-9-3-1-4-10-19/h1-17H,18H2,(H,29,31). The van der Waals surface area contributed by atoms with Crippen molar-refractivity contribution in [1.82, 2.24) is 0 Å². The van der Waals surface area contributed by atoms with E-state index in [1.165, 1.54) is 30.3 Å². The number of sulfonamides is 1. The van der Waals surface area contributed by atoms with Crippen molar-refractivity contribution >= 4 is 50.5 Å². The topological polar surface area (TPSA) is 66.5 Å². The van der Waals surface area contributed by atoms with Crippen molar-refractivity contribution in [1.29, 1.82) is 0 Å². The molecule has 0 fully saturated rings. The van der Waals surface area contributed by atoms with Gasteiger partial charge in [0.05, 0.1) is 15.6 Å². The highest BCUT2D eigenvalue weighted by atomic mass is 35.5. The molecule has 5 nitrogen and oxygen atoms in total. The Bertz CT molecular complexity index is 1410. The number of para-hydroxylation sites is 1. The molecule has 34 heavy (non-hydrogen) atoms. The fourth-order valence-corrected chi connectivity index (χ4v) is 5.51. The van der Waals surface area contributed by atoms with Crippen LogP contribution in [0.3, 0.4) is 0 Å². The van der Waals surface area contributed by atoms with Gasteiger partial charge in [-0.25, -0.2) is 8.42 Å². The molecule has 172 valence electrons. The molecule has 0 radical (unpaired) electrons. The smallest absolute Gasteiger partial charge is 0.264 e. The molecule has 0 aliphatic rings. The van der Waals surface area contributed by atoms with E-state index in [-0.39, 0.29) is 15.6 Å². The number of anilines is 2. The lowest BCUT2D eigenvalue weighted by Gasteiger charge is -2.25. The lowest BCUT2D eigenvalue weighted by Crippen LogP contribution is -2.38. The van der Waals surface area contributed by atoms with Gasteiger partial charge < -0.3 is 5.32 Å². The summed E-state index contributed by atoms with van der Waals surface area (Å²) < 4.78 is 28.0. The molecule has 0 unspecified atom stereocenters. The number of carbonyl (C=O) groups is 1. The van der Waals surface area contributed by atoms with E-state index < -0.39 is 22.5 Å². The molecule has 0 saturated carbocycles. The average Bonchev–Trinajstić information content (AvgIpc) is 2.84. The van der Waals surface area contributed by atoms with Crippen molar-refractivity contribution in [2.75, 3.05) is 16.2 Å². The van der Waals surface area contributed by atoms with Crippen LogP contribution >= 0.6 is 23.2 Å². The van der Waals surface area contributed by atoms with E-state index >= 15 is 0 Å². The van der Waals surface area contributed by atoms with Gasteiger partial charge >= 0.3 is 0 Å². The maximum atomic E-state index is 13.5. The number of carbonyl (C=O) groups excluding carboxylic acids is 1. The van der Waals surface area contributed by atoms with E-state index in [1.807, 2.05) is 42.5 Å². The van der Waals surface area contributed by atoms with Crippen LogP contribution < -0.4 is 9.62 Å². The molecule has 4 aromatic carbocycles. The Labute approximate surface area is 208 Å². The molecule has 0 heterocycles. The van der Waals surface area contributed by atoms with Crippen LogP contribution in [0.1, 0.15) is 0 Å². The summed E-state index contributed by atoms with van der Waals surface area (Å²) in [6.45, 7) is -0.484. The molecule has 0 saturated heterocycles. The normalized spacial score (nSPS) is 11.1. The zero-order valence-electron chi connectivity index (χ0n) is 17.9. The van der Waals surface area contributed by atoms with Crippen LogP contribution in [0.4, 0.5) is 11.4 Å². The molecule has 0 aliphatic carbocycles. The summed E-state index contributed by atoms with van der Waals surface area (Å²) in [5, 5.41) is 3.32. The highest BCUT2D eigenvalue weighted by Gasteiger charge is 2.29. The van der Waals surface area contributed by atoms with Gasteiger partial charge in [0.25, 0.3) is 10.0 Å². The summed E-state index contributed by atoms with van der Waals surface area (Å²) in [5.41, 5.74) is 2.46. The third-order valence-electron chi connectivity index (χ3n) is 5.08. The number of hydrogen-bond acceptors (Lipinski definition) is 3. The summed E-state index contributed by atoms with van der Waals surface area (Å²) in [4.78, 5) is 13.2. The van der Waals surface area contributed by atoms with Gasteiger partial charge in [-0.3, -0.25) is 9.10 Å². The molecule has 4 aromatic rings. The zero-order valence-corrected chi connectivity index (χ0v) is 20.2. The quantitative estimate of drug-likeness (QED) is 0.308. The van der Waals surface area contributed by atoms with E-state index in [2.05, 4.69) is 5.32 Å². The minimum atomic E-state index is -4.09. The summed E-state index contributed by atoms with van der Waals surface area (Å²) in [7, 11) is -4.09. The summed E-state index contributed by atoms with van der Waals surface area (Å²) in [5.74, 6) is -0.520. The predicted octanol–water partition coefficient (Wildman–Crippen LogP) is 6.49. The van der Waals surface area contributed by atoms with Crippen LogP contribution in [0.25, 0.3) is 11.1 Å². The molecule has 1 N–H and O–H groups in total. The minimum Gasteiger partial charge on any atom is -0.324 e. The Morgan fingerprint density at radius 2 is 1.41 bits per heavy atom. The molecule has 1 amide bonds. The molecule has 0 bridgehead atoms. The highest BCUT2D eigenvalue weighted by molar-refractivity contribution is 7.92. The Morgan fingerprint density at radius 1 is 0.794 bits per heavy atom. The minimum absolute atomic E-state index is 0.0403. The van der Waals surface area contributed by atoms with Crippen LogP contribution in [0, 0.1) is 0 Å². The first kappa shape index (κ1) is 23.8. The Morgan fingerprint density at radius 3 is 2.09 bits per heavy atom. The average molecular weight is 511 g/mol. The van der Waals surface area contributed by atoms with Gasteiger partial charge in [0.15, 0.2) is 0 Å². The molecule has 0 aromatic heterocycles. The highest BCUT2D eigenvalue weighted by Crippen LogP contribution is 2.33. The second-order valence-corrected chi connectivity index (χ2v) is 10.1. The number of nitrogens with zero attached hydrogens (tertiary/aromatic N) is 1. The zero-order chi connectivity index (χ0) is 24.1. The van der Waals surface area contributed by atoms with Crippen molar-refractivity contribution < 1.29 is 13.2 Å². The first-order valence-corrected chi connectivity index (χ1v) is 12.5. The number of nitrogens with one attached hydrogen (secondary N) is 1. The Hall–Kier alpha value is -3.32. The van der Waals surface area contributed by atoms with Crippen molar-refractivity contribution in [3.63, 3.8) is 0 Å². The SMILES string of the molecule is O=C(CN(c1ccc(Cl)cc1Cl)S(=O)(=O)c1ccccc1)Nc1ccccc1-c1ccccc1. The lowest BCUT2D eigenvalue weighted by molar-refractivity contribution is -0.114. The van der Waals surface area contributed by atoms with Gasteiger partial charge in [0.1, 0.15) is 6.54 Å². The number of amides is 1. The van der Waals surface area contributed by atoms with Crippen LogP contribution in [0.5, 0.6) is 0 Å². The monoisotopic (exact) mass is 510 g/mol. The van der Waals surface area contributed by atoms with Gasteiger partial charge in [-0.2, -0.15) is 0 Å². The summed E-state index contributed by atoms with van der Waals surface area (Å²) in [6, 6.07) is 29.3. The van der Waals surface area contributed by atoms with Crippen LogP contribution in [-0.4, -0.2) is 20.9 Å². The molecule has 4 rings (SSSR count). The molecule has 8 heteroatoms. The molecular weight excluding hydrogens is 491 g/mol. The van der Waals surface area contributed by atoms with E-state index in [0.717, 1.165) is 15.4 Å². The molecule has 0 spiro atoms. The van der Waals surface area contributed by atoms with Crippen molar-refractivity contribution in [2.24, 2.45) is 0 Å². The van der Waals surface area contributed by atoms with E-state index in [9.17, 15) is 13.2 Å². The maximum absolute atomic E-state index is 13.5. The molecule has 0 aliphatic heterocycles. The summed E-state index contributed by atoms with van der Waals surface area (Å²) in [6.07, 6.45) is 0. The lowest BCUT2D eigenvalue weighted by atomic mass is 10.0. The van der Waals surface area contributed by atoms with Crippen LogP contribution in [-0.2, 0) is 14.8 Å². The Balaban J connectivity index is 1.69. The third-order valence-corrected chi connectivity index (χ3v) is 7.39. The van der Waals surface area contributed by atoms with E-state index in [1.54, 1.807) is 30.3 Å². The molecular formula is C26H20Cl2N2O3S. The van der Waals surface area contributed by atoms with Crippen molar-refractivity contribution in [3.8, 4) is 11.1 Å². The van der Waals surface area contributed by atoms with Crippen LogP contribution in [0.2, 0.25) is 10.0 Å². The second-order valence-electron chi connectivity index (χ2n) is 7.38. The van der Waals surface area contributed by atoms with Gasteiger partial charge in [-0.1, -0.05) is 89.9 Å². The number of benzene rings is 4. The van der Waals surface area contributed by atoms with Crippen LogP contribution in [0.15, 0.2) is 108 Å². The fraction of sp³-hybridized carbons (Fsp3) is 0.0385. The number of halogens is 2. The van der Waals surface area contributed by atoms with Gasteiger partial charge in [-0.15, -0.1) is 0 Å². The summed E-state index contributed by atoms with van der Waals surface area (Å²) >= 11 is 12.4. The van der Waals surface area contributed by atoms with Crippen molar-refractivity contribution in [2.45, 2.75) is 4.90 Å². The predicted molar refractivity (Wildman–Crippen MR) is 138 cm³/mol. The largest absolute Gasteiger partial charge is 0.324 e.